The van der Waals surface area contributed by atoms with Crippen molar-refractivity contribution >= 4 is 5.78 Å². The normalized spacial score (nSPS) is 35.6. The molecule has 1 aliphatic carbocycles. The number of rotatable bonds is 5. The van der Waals surface area contributed by atoms with Gasteiger partial charge in [0.15, 0.2) is 5.78 Å². The molecule has 3 N–H and O–H groups in total. The van der Waals surface area contributed by atoms with Crippen LogP contribution in [0, 0.1) is 0 Å². The molecule has 1 saturated heterocycles. The van der Waals surface area contributed by atoms with Crippen LogP contribution in [0.25, 0.3) is 0 Å². The van der Waals surface area contributed by atoms with Crippen molar-refractivity contribution in [3.63, 3.8) is 0 Å². The van der Waals surface area contributed by atoms with Crippen LogP contribution in [0.5, 0.6) is 0 Å². The first-order valence-corrected chi connectivity index (χ1v) is 9.86. The van der Waals surface area contributed by atoms with E-state index in [0.717, 1.165) is 11.3 Å². The number of hydrogen-bond donors (Lipinski definition) is 3. The quantitative estimate of drug-likeness (QED) is 0.633. The van der Waals surface area contributed by atoms with Gasteiger partial charge in [-0.2, -0.15) is 0 Å². The Morgan fingerprint density at radius 1 is 1.44 bits per heavy atom. The van der Waals surface area contributed by atoms with E-state index >= 15 is 0 Å². The van der Waals surface area contributed by atoms with E-state index in [1.165, 1.54) is 0 Å². The molecule has 0 saturated carbocycles. The van der Waals surface area contributed by atoms with Crippen LogP contribution >= 0.6 is 0 Å². The van der Waals surface area contributed by atoms with E-state index in [0.29, 0.717) is 44.1 Å². The molecule has 3 rings (SSSR count). The van der Waals surface area contributed by atoms with Gasteiger partial charge < -0.3 is 24.8 Å². The monoisotopic (exact) mass is 380 g/mol. The summed E-state index contributed by atoms with van der Waals surface area (Å²) in [4.78, 5) is 12.2. The fourth-order valence-electron chi connectivity index (χ4n) is 4.20. The Balaban J connectivity index is 1.63. The predicted molar refractivity (Wildman–Crippen MR) is 100.0 cm³/mol. The second-order valence-electron chi connectivity index (χ2n) is 9.03. The smallest absolute Gasteiger partial charge is 0.190 e. The molecule has 0 unspecified atom stereocenters. The number of hydrogen-bond acceptors (Lipinski definition) is 6. The van der Waals surface area contributed by atoms with E-state index in [1.807, 2.05) is 13.8 Å². The maximum absolute atomic E-state index is 12.2. The Morgan fingerprint density at radius 2 is 2.15 bits per heavy atom. The van der Waals surface area contributed by atoms with Gasteiger partial charge in [0.05, 0.1) is 17.8 Å². The molecular weight excluding hydrogens is 348 g/mol. The molecule has 0 aromatic rings. The van der Waals surface area contributed by atoms with Crippen LogP contribution in [-0.2, 0) is 14.3 Å². The summed E-state index contributed by atoms with van der Waals surface area (Å²) in [6.45, 7) is 7.23. The molecule has 0 radical (unpaired) electrons. The molecule has 0 aromatic heterocycles. The predicted octanol–water partition coefficient (Wildman–Crippen LogP) is 2.16. The molecule has 0 bridgehead atoms. The maximum atomic E-state index is 12.2. The van der Waals surface area contributed by atoms with Crippen LogP contribution in [0.2, 0.25) is 0 Å². The first-order valence-electron chi connectivity index (χ1n) is 9.86. The molecule has 6 nitrogen and oxygen atoms in total. The average molecular weight is 380 g/mol. The fraction of sp³-hybridized carbons (Fsp3) is 0.762. The number of aliphatic hydroxyl groups excluding tert-OH is 2. The van der Waals surface area contributed by atoms with Crippen LogP contribution in [0.3, 0.4) is 0 Å². The summed E-state index contributed by atoms with van der Waals surface area (Å²) in [7, 11) is 0. The Bertz CT molecular complexity index is 658. The minimum atomic E-state index is -1.11. The minimum absolute atomic E-state index is 0.111. The number of fused-ring (bicyclic) bond motifs is 1. The second-order valence-corrected chi connectivity index (χ2v) is 9.03. The van der Waals surface area contributed by atoms with Gasteiger partial charge in [-0.25, -0.2) is 0 Å². The summed E-state index contributed by atoms with van der Waals surface area (Å²) in [5.74, 6) is 0.500. The molecule has 152 valence electrons. The second kappa shape index (κ2) is 7.32. The lowest BCUT2D eigenvalue weighted by molar-refractivity contribution is -0.129. The molecule has 0 spiro atoms. The molecule has 1 fully saturated rings. The third-order valence-electron chi connectivity index (χ3n) is 6.05. The van der Waals surface area contributed by atoms with Crippen LogP contribution in [0.15, 0.2) is 23.0 Å². The SMILES string of the molecule is C/C(=C\[C@H]1C[C@@]2(C)OC3=C(C[C@H]2O1)C(=O)[C@@H](O)CC3)CC[C@@H](O)C(C)(C)O. The van der Waals surface area contributed by atoms with Gasteiger partial charge in [-0.3, -0.25) is 4.79 Å². The van der Waals surface area contributed by atoms with Crippen LogP contribution in [0.1, 0.15) is 66.2 Å². The Hall–Kier alpha value is -1.21. The van der Waals surface area contributed by atoms with Gasteiger partial charge in [0.2, 0.25) is 0 Å². The Kier molecular flexibility index (Phi) is 5.56. The average Bonchev–Trinajstić information content (AvgIpc) is 2.88. The van der Waals surface area contributed by atoms with Crippen molar-refractivity contribution in [1.29, 1.82) is 0 Å². The first kappa shape index (κ1) is 20.5. The maximum Gasteiger partial charge on any atom is 0.190 e. The third-order valence-corrected chi connectivity index (χ3v) is 6.05. The van der Waals surface area contributed by atoms with Crippen molar-refractivity contribution in [2.45, 2.75) is 102 Å². The van der Waals surface area contributed by atoms with Gasteiger partial charge in [-0.15, -0.1) is 0 Å². The van der Waals surface area contributed by atoms with Crippen LogP contribution in [-0.4, -0.2) is 56.7 Å². The number of allylic oxidation sites excluding steroid dienone is 2. The molecular formula is C21H32O6. The van der Waals surface area contributed by atoms with Crippen molar-refractivity contribution in [3.8, 4) is 0 Å². The van der Waals surface area contributed by atoms with Crippen molar-refractivity contribution in [1.82, 2.24) is 0 Å². The molecule has 2 heterocycles. The van der Waals surface area contributed by atoms with Gasteiger partial charge in [-0.05, 0) is 47.0 Å². The lowest BCUT2D eigenvalue weighted by atomic mass is 9.82. The highest BCUT2D eigenvalue weighted by molar-refractivity contribution is 6.00. The Labute approximate surface area is 160 Å². The van der Waals surface area contributed by atoms with E-state index < -0.39 is 23.4 Å². The summed E-state index contributed by atoms with van der Waals surface area (Å²) >= 11 is 0. The first-order chi connectivity index (χ1) is 12.5. The molecule has 5 atom stereocenters. The largest absolute Gasteiger partial charge is 0.489 e. The number of ether oxygens (including phenoxy) is 2. The number of aliphatic hydroxyl groups is 3. The van der Waals surface area contributed by atoms with E-state index in [2.05, 4.69) is 6.08 Å². The molecule has 3 aliphatic rings. The molecule has 0 amide bonds. The summed E-state index contributed by atoms with van der Waals surface area (Å²) in [6.07, 6.45) is 3.41. The highest BCUT2D eigenvalue weighted by atomic mass is 16.6. The van der Waals surface area contributed by atoms with E-state index in [4.69, 9.17) is 9.47 Å². The summed E-state index contributed by atoms with van der Waals surface area (Å²) < 4.78 is 12.4. The lowest BCUT2D eigenvalue weighted by Crippen LogP contribution is -2.45. The standard InChI is InChI=1S/C21H32O6/c1-12(5-8-17(23)20(2,3)25)9-13-11-21(4)18(26-13)10-14-16(27-21)7-6-15(22)19(14)24/h9,13,15,17-18,22-23,25H,5-8,10-11H2,1-4H3/b12-9+/t13-,15-,17+,18+,21+/m0/s1. The lowest BCUT2D eigenvalue weighted by Gasteiger charge is -2.39. The summed E-state index contributed by atoms with van der Waals surface area (Å²) in [5.41, 5.74) is 0.109. The van der Waals surface area contributed by atoms with Crippen molar-refractivity contribution < 1.29 is 29.6 Å². The van der Waals surface area contributed by atoms with E-state index in [9.17, 15) is 20.1 Å². The minimum Gasteiger partial charge on any atom is -0.489 e. The third kappa shape index (κ3) is 4.29. The van der Waals surface area contributed by atoms with Gasteiger partial charge in [0.25, 0.3) is 0 Å². The number of carbonyl (C=O) groups excluding carboxylic acids is 1. The van der Waals surface area contributed by atoms with Gasteiger partial charge in [0, 0.05) is 24.8 Å². The topological polar surface area (TPSA) is 96.2 Å². The van der Waals surface area contributed by atoms with E-state index in [-0.39, 0.29) is 18.0 Å². The molecule has 0 aromatic carbocycles. The zero-order valence-electron chi connectivity index (χ0n) is 16.7. The number of Topliss-reactive ketones (excluding diaryl/α,β-unsaturated/α-hetero) is 1. The zero-order chi connectivity index (χ0) is 20.0. The van der Waals surface area contributed by atoms with E-state index in [1.54, 1.807) is 13.8 Å². The Morgan fingerprint density at radius 3 is 2.81 bits per heavy atom. The van der Waals surface area contributed by atoms with Crippen LogP contribution in [0.4, 0.5) is 0 Å². The summed E-state index contributed by atoms with van der Waals surface area (Å²) in [6, 6.07) is 0. The highest BCUT2D eigenvalue weighted by Gasteiger charge is 2.51. The summed E-state index contributed by atoms with van der Waals surface area (Å²) in [5, 5.41) is 29.6. The van der Waals surface area contributed by atoms with Gasteiger partial charge in [0.1, 0.15) is 23.6 Å². The molecule has 6 heteroatoms. The van der Waals surface area contributed by atoms with Gasteiger partial charge >= 0.3 is 0 Å². The van der Waals surface area contributed by atoms with Crippen molar-refractivity contribution in [2.24, 2.45) is 0 Å². The fourth-order valence-corrected chi connectivity index (χ4v) is 4.20. The highest BCUT2D eigenvalue weighted by Crippen LogP contribution is 2.46. The number of ketones is 1. The van der Waals surface area contributed by atoms with Crippen molar-refractivity contribution in [2.75, 3.05) is 0 Å². The van der Waals surface area contributed by atoms with Gasteiger partial charge in [-0.1, -0.05) is 11.6 Å². The molecule has 2 aliphatic heterocycles. The zero-order valence-corrected chi connectivity index (χ0v) is 16.7. The van der Waals surface area contributed by atoms with Crippen LogP contribution < -0.4 is 0 Å². The van der Waals surface area contributed by atoms with Crippen molar-refractivity contribution in [3.05, 3.63) is 23.0 Å². The molecule has 27 heavy (non-hydrogen) atoms. The number of carbonyl (C=O) groups is 1.